The second-order valence-electron chi connectivity index (χ2n) is 6.68. The van der Waals surface area contributed by atoms with E-state index >= 15 is 0 Å². The molecule has 0 saturated carbocycles. The normalized spacial score (nSPS) is 12.1. The number of hydrogen-bond acceptors (Lipinski definition) is 4. The van der Waals surface area contributed by atoms with E-state index in [-0.39, 0.29) is 23.3 Å². The molecule has 0 saturated heterocycles. The standard InChI is InChI=1S/C22H23N3O2S.ClH/c1-3-19-15-24-16-20-9-10-21(13-22(19)20)28(26,27)25-17(2)14-23-12-11-18-7-5-4-6-8-18;/h1,4-10,13,15-17,23,25H,11-12,14H2,2H3;1H. The van der Waals surface area contributed by atoms with Crippen LogP contribution < -0.4 is 10.0 Å². The fourth-order valence-electron chi connectivity index (χ4n) is 3.00. The molecule has 1 unspecified atom stereocenters. The fourth-order valence-corrected chi connectivity index (χ4v) is 4.26. The smallest absolute Gasteiger partial charge is 0.240 e. The van der Waals surface area contributed by atoms with Crippen LogP contribution in [0, 0.1) is 12.3 Å². The molecule has 5 nitrogen and oxygen atoms in total. The molecule has 0 amide bonds. The molecule has 0 aliphatic carbocycles. The van der Waals surface area contributed by atoms with E-state index in [4.69, 9.17) is 6.42 Å². The Morgan fingerprint density at radius 3 is 2.62 bits per heavy atom. The lowest BCUT2D eigenvalue weighted by atomic mass is 10.1. The van der Waals surface area contributed by atoms with Crippen molar-refractivity contribution >= 4 is 33.2 Å². The van der Waals surface area contributed by atoms with Crippen molar-refractivity contribution in [3.05, 3.63) is 72.1 Å². The summed E-state index contributed by atoms with van der Waals surface area (Å²) in [7, 11) is -3.64. The van der Waals surface area contributed by atoms with Gasteiger partial charge in [0.1, 0.15) is 0 Å². The predicted octanol–water partition coefficient (Wildman–Crippen LogP) is 3.14. The van der Waals surface area contributed by atoms with E-state index < -0.39 is 10.0 Å². The molecule has 1 atom stereocenters. The second-order valence-corrected chi connectivity index (χ2v) is 8.39. The third-order valence-corrected chi connectivity index (χ3v) is 6.03. The van der Waals surface area contributed by atoms with Crippen LogP contribution in [0.25, 0.3) is 10.8 Å². The van der Waals surface area contributed by atoms with Gasteiger partial charge < -0.3 is 5.32 Å². The van der Waals surface area contributed by atoms with Crippen molar-refractivity contribution in [2.24, 2.45) is 0 Å². The number of sulfonamides is 1. The van der Waals surface area contributed by atoms with Crippen molar-refractivity contribution in [2.75, 3.05) is 13.1 Å². The maximum absolute atomic E-state index is 12.7. The number of rotatable bonds is 8. The Morgan fingerprint density at radius 1 is 1.14 bits per heavy atom. The van der Waals surface area contributed by atoms with E-state index in [1.807, 2.05) is 25.1 Å². The van der Waals surface area contributed by atoms with Gasteiger partial charge in [-0.3, -0.25) is 4.98 Å². The first-order valence-corrected chi connectivity index (χ1v) is 10.6. The summed E-state index contributed by atoms with van der Waals surface area (Å²) in [5, 5.41) is 4.81. The molecule has 0 aliphatic heterocycles. The molecule has 29 heavy (non-hydrogen) atoms. The van der Waals surface area contributed by atoms with Gasteiger partial charge in [-0.2, -0.15) is 0 Å². The molecule has 0 fully saturated rings. The number of aromatic nitrogens is 1. The molecule has 1 aromatic heterocycles. The lowest BCUT2D eigenvalue weighted by Gasteiger charge is -2.15. The van der Waals surface area contributed by atoms with Gasteiger partial charge in [-0.15, -0.1) is 18.8 Å². The summed E-state index contributed by atoms with van der Waals surface area (Å²) in [5.41, 5.74) is 1.82. The van der Waals surface area contributed by atoms with Gasteiger partial charge in [-0.1, -0.05) is 42.3 Å². The van der Waals surface area contributed by atoms with Crippen LogP contribution in [0.1, 0.15) is 18.1 Å². The maximum Gasteiger partial charge on any atom is 0.240 e. The van der Waals surface area contributed by atoms with Gasteiger partial charge in [-0.05, 0) is 37.6 Å². The van der Waals surface area contributed by atoms with Gasteiger partial charge >= 0.3 is 0 Å². The minimum Gasteiger partial charge on any atom is -0.315 e. The van der Waals surface area contributed by atoms with Crippen LogP contribution in [-0.2, 0) is 16.4 Å². The molecule has 152 valence electrons. The first kappa shape index (κ1) is 22.9. The number of hydrogen-bond donors (Lipinski definition) is 2. The van der Waals surface area contributed by atoms with Crippen molar-refractivity contribution < 1.29 is 8.42 Å². The Labute approximate surface area is 178 Å². The fraction of sp³-hybridized carbons (Fsp3) is 0.227. The van der Waals surface area contributed by atoms with Crippen LogP contribution in [0.5, 0.6) is 0 Å². The zero-order chi connectivity index (χ0) is 20.0. The molecule has 3 rings (SSSR count). The molecule has 0 radical (unpaired) electrons. The minimum absolute atomic E-state index is 0. The highest BCUT2D eigenvalue weighted by Gasteiger charge is 2.18. The maximum atomic E-state index is 12.7. The number of fused-ring (bicyclic) bond motifs is 1. The first-order valence-electron chi connectivity index (χ1n) is 9.11. The monoisotopic (exact) mass is 429 g/mol. The second kappa shape index (κ2) is 10.4. The number of nitrogens with one attached hydrogen (secondary N) is 2. The van der Waals surface area contributed by atoms with E-state index in [9.17, 15) is 8.42 Å². The predicted molar refractivity (Wildman–Crippen MR) is 120 cm³/mol. The topological polar surface area (TPSA) is 71.1 Å². The van der Waals surface area contributed by atoms with Gasteiger partial charge in [0.25, 0.3) is 0 Å². The molecule has 2 aromatic carbocycles. The third-order valence-electron chi connectivity index (χ3n) is 4.44. The van der Waals surface area contributed by atoms with Crippen molar-refractivity contribution in [2.45, 2.75) is 24.3 Å². The number of pyridine rings is 1. The number of nitrogens with zero attached hydrogens (tertiary/aromatic N) is 1. The quantitative estimate of drug-likeness (QED) is 0.426. The average molecular weight is 430 g/mol. The SMILES string of the molecule is C#Cc1cncc2ccc(S(=O)(=O)NC(C)CNCCc3ccccc3)cc12.Cl. The van der Waals surface area contributed by atoms with Crippen LogP contribution in [0.4, 0.5) is 0 Å². The largest absolute Gasteiger partial charge is 0.315 e. The molecule has 0 aliphatic rings. The molecule has 2 N–H and O–H groups in total. The number of benzene rings is 2. The van der Waals surface area contributed by atoms with Gasteiger partial charge in [0.05, 0.1) is 10.5 Å². The Bertz CT molecular complexity index is 1100. The molecule has 0 bridgehead atoms. The van der Waals surface area contributed by atoms with Gasteiger partial charge in [0.15, 0.2) is 0 Å². The zero-order valence-electron chi connectivity index (χ0n) is 16.1. The molecule has 3 aromatic rings. The van der Waals surface area contributed by atoms with Crippen molar-refractivity contribution in [3.8, 4) is 12.3 Å². The molecule has 7 heteroatoms. The van der Waals surface area contributed by atoms with Gasteiger partial charge in [0, 0.05) is 35.8 Å². The summed E-state index contributed by atoms with van der Waals surface area (Å²) in [6.45, 7) is 3.16. The van der Waals surface area contributed by atoms with Crippen molar-refractivity contribution in [3.63, 3.8) is 0 Å². The Hall–Kier alpha value is -2.43. The molecule has 0 spiro atoms. The van der Waals surface area contributed by atoms with E-state index in [0.717, 1.165) is 18.4 Å². The van der Waals surface area contributed by atoms with Crippen molar-refractivity contribution in [1.82, 2.24) is 15.0 Å². The van der Waals surface area contributed by atoms with Crippen LogP contribution in [0.3, 0.4) is 0 Å². The Balaban J connectivity index is 0.00000300. The summed E-state index contributed by atoms with van der Waals surface area (Å²) in [5.74, 6) is 2.55. The highest BCUT2D eigenvalue weighted by atomic mass is 35.5. The number of terminal acetylenes is 1. The van der Waals surface area contributed by atoms with Crippen LogP contribution in [0.2, 0.25) is 0 Å². The van der Waals surface area contributed by atoms with E-state index in [1.165, 1.54) is 5.56 Å². The minimum atomic E-state index is -3.64. The summed E-state index contributed by atoms with van der Waals surface area (Å²) in [6.07, 6.45) is 9.63. The van der Waals surface area contributed by atoms with Gasteiger partial charge in [0.2, 0.25) is 10.0 Å². The van der Waals surface area contributed by atoms with E-state index in [1.54, 1.807) is 30.6 Å². The van der Waals surface area contributed by atoms with Crippen LogP contribution in [-0.4, -0.2) is 32.5 Å². The summed E-state index contributed by atoms with van der Waals surface area (Å²) >= 11 is 0. The lowest BCUT2D eigenvalue weighted by Crippen LogP contribution is -2.40. The molecule has 1 heterocycles. The van der Waals surface area contributed by atoms with E-state index in [0.29, 0.717) is 17.5 Å². The Kier molecular flexibility index (Phi) is 8.18. The summed E-state index contributed by atoms with van der Waals surface area (Å²) in [4.78, 5) is 4.27. The average Bonchev–Trinajstić information content (AvgIpc) is 2.70. The summed E-state index contributed by atoms with van der Waals surface area (Å²) < 4.78 is 28.2. The van der Waals surface area contributed by atoms with Gasteiger partial charge in [-0.25, -0.2) is 13.1 Å². The van der Waals surface area contributed by atoms with Crippen molar-refractivity contribution in [1.29, 1.82) is 0 Å². The highest BCUT2D eigenvalue weighted by Crippen LogP contribution is 2.21. The third kappa shape index (κ3) is 6.02. The van der Waals surface area contributed by atoms with Crippen LogP contribution >= 0.6 is 12.4 Å². The Morgan fingerprint density at radius 2 is 1.90 bits per heavy atom. The lowest BCUT2D eigenvalue weighted by molar-refractivity contribution is 0.537. The molecular formula is C22H24ClN3O2S. The summed E-state index contributed by atoms with van der Waals surface area (Å²) in [6, 6.07) is 14.8. The zero-order valence-corrected chi connectivity index (χ0v) is 17.8. The first-order chi connectivity index (χ1) is 13.5. The number of halogens is 1. The van der Waals surface area contributed by atoms with Crippen LogP contribution in [0.15, 0.2) is 65.8 Å². The highest BCUT2D eigenvalue weighted by molar-refractivity contribution is 7.89. The molecular weight excluding hydrogens is 406 g/mol. The van der Waals surface area contributed by atoms with E-state index in [2.05, 4.69) is 33.1 Å².